The van der Waals surface area contributed by atoms with Gasteiger partial charge in [0.25, 0.3) is 0 Å². The van der Waals surface area contributed by atoms with Gasteiger partial charge < -0.3 is 0 Å². The van der Waals surface area contributed by atoms with Crippen molar-refractivity contribution < 1.29 is 0 Å². The van der Waals surface area contributed by atoms with Gasteiger partial charge in [-0.2, -0.15) is 0 Å². The largest absolute Gasteiger partial charge is 0.0812 e. The van der Waals surface area contributed by atoms with Crippen LogP contribution in [0.15, 0.2) is 28.4 Å². The van der Waals surface area contributed by atoms with Crippen molar-refractivity contribution in [2.75, 3.05) is 0 Å². The van der Waals surface area contributed by atoms with Gasteiger partial charge in [0.2, 0.25) is 0 Å². The van der Waals surface area contributed by atoms with Crippen LogP contribution < -0.4 is 0 Å². The summed E-state index contributed by atoms with van der Waals surface area (Å²) in [6, 6.07) is 5.04. The summed E-state index contributed by atoms with van der Waals surface area (Å²) in [6.07, 6.45) is 0. The molecule has 0 spiro atoms. The van der Waals surface area contributed by atoms with Crippen molar-refractivity contribution in [3.05, 3.63) is 44.6 Å². The average molecular weight is 300 g/mol. The first-order chi connectivity index (χ1) is 6.80. The van der Waals surface area contributed by atoms with Crippen molar-refractivity contribution in [1.82, 2.24) is 0 Å². The van der Waals surface area contributed by atoms with Gasteiger partial charge in [0.15, 0.2) is 0 Å². The Hall–Kier alpha value is -1.43. The van der Waals surface area contributed by atoms with Gasteiger partial charge in [-0.15, -0.1) is 0 Å². The summed E-state index contributed by atoms with van der Waals surface area (Å²) in [4.78, 5) is 5.34. The van der Waals surface area contributed by atoms with Crippen molar-refractivity contribution in [3.8, 4) is 0 Å². The molecule has 14 heavy (non-hydrogen) atoms. The first kappa shape index (κ1) is 10.6. The van der Waals surface area contributed by atoms with Crippen molar-refractivity contribution in [2.45, 2.75) is 4.43 Å². The van der Waals surface area contributed by atoms with Crippen molar-refractivity contribution in [3.63, 3.8) is 0 Å². The fourth-order valence-corrected chi connectivity index (χ4v) is 1.39. The van der Waals surface area contributed by atoms with Gasteiger partial charge in [-0.1, -0.05) is 32.8 Å². The fourth-order valence-electron chi connectivity index (χ4n) is 0.952. The Balaban J connectivity index is 3.25. The molecule has 1 aromatic carbocycles. The Morgan fingerprint density at radius 3 is 1.93 bits per heavy atom. The molecule has 6 nitrogen and oxygen atoms in total. The van der Waals surface area contributed by atoms with E-state index in [1.54, 1.807) is 12.1 Å². The van der Waals surface area contributed by atoms with Crippen molar-refractivity contribution in [2.24, 2.45) is 10.2 Å². The van der Waals surface area contributed by atoms with E-state index in [9.17, 15) is 0 Å². The second-order valence-corrected chi connectivity index (χ2v) is 3.13. The minimum atomic E-state index is 0.462. The summed E-state index contributed by atoms with van der Waals surface area (Å²) >= 11 is 2.17. The third-order valence-electron chi connectivity index (χ3n) is 1.44. The first-order valence-electron chi connectivity index (χ1n) is 3.60. The molecule has 7 heteroatoms. The smallest absolute Gasteiger partial charge is 0.0382 e. The molecule has 0 heterocycles. The van der Waals surface area contributed by atoms with Crippen LogP contribution in [0.1, 0.15) is 5.56 Å². The monoisotopic (exact) mass is 300 g/mol. The van der Waals surface area contributed by atoms with E-state index in [0.29, 0.717) is 11.4 Å². The van der Waals surface area contributed by atoms with Crippen LogP contribution in [0.2, 0.25) is 0 Å². The molecule has 0 aromatic heterocycles. The predicted molar refractivity (Wildman–Crippen MR) is 61.8 cm³/mol. The number of azide groups is 2. The lowest BCUT2D eigenvalue weighted by atomic mass is 10.2. The highest BCUT2D eigenvalue weighted by molar-refractivity contribution is 14.1. The van der Waals surface area contributed by atoms with Gasteiger partial charge in [0.1, 0.15) is 0 Å². The van der Waals surface area contributed by atoms with Gasteiger partial charge in [0, 0.05) is 25.6 Å². The van der Waals surface area contributed by atoms with E-state index in [2.05, 4.69) is 42.6 Å². The van der Waals surface area contributed by atoms with E-state index in [1.807, 2.05) is 0 Å². The summed E-state index contributed by atoms with van der Waals surface area (Å²) in [7, 11) is 0. The first-order valence-corrected chi connectivity index (χ1v) is 5.13. The van der Waals surface area contributed by atoms with E-state index in [1.165, 1.54) is 6.07 Å². The zero-order chi connectivity index (χ0) is 10.4. The highest BCUT2D eigenvalue weighted by Crippen LogP contribution is 2.25. The Bertz CT molecular complexity index is 394. The average Bonchev–Trinajstić information content (AvgIpc) is 2.18. The number of alkyl halides is 1. The molecule has 0 radical (unpaired) electrons. The van der Waals surface area contributed by atoms with Crippen LogP contribution in [-0.2, 0) is 4.43 Å². The number of hydrogen-bond donors (Lipinski definition) is 0. The number of rotatable bonds is 3. The third-order valence-corrected chi connectivity index (χ3v) is 2.32. The number of hydrogen-bond acceptors (Lipinski definition) is 2. The van der Waals surface area contributed by atoms with Crippen LogP contribution in [-0.4, -0.2) is 0 Å². The SMILES string of the molecule is [N-]=[N+]=Nc1cc(CI)cc(N=[N+]=[N-])c1. The molecule has 0 aliphatic rings. The quantitative estimate of drug-likeness (QED) is 0.258. The van der Waals surface area contributed by atoms with Crippen LogP contribution in [0.5, 0.6) is 0 Å². The molecule has 0 bridgehead atoms. The van der Waals surface area contributed by atoms with Crippen LogP contribution in [0.3, 0.4) is 0 Å². The third kappa shape index (κ3) is 2.81. The molecule has 0 aliphatic heterocycles. The topological polar surface area (TPSA) is 97.5 Å². The molecule has 1 rings (SSSR count). The van der Waals surface area contributed by atoms with Gasteiger partial charge in [-0.05, 0) is 34.8 Å². The Morgan fingerprint density at radius 2 is 1.57 bits per heavy atom. The Morgan fingerprint density at radius 1 is 1.07 bits per heavy atom. The van der Waals surface area contributed by atoms with E-state index in [4.69, 9.17) is 11.1 Å². The van der Waals surface area contributed by atoms with Gasteiger partial charge in [-0.3, -0.25) is 0 Å². The van der Waals surface area contributed by atoms with Crippen LogP contribution >= 0.6 is 22.6 Å². The Kier molecular flexibility index (Phi) is 4.06. The maximum Gasteiger partial charge on any atom is 0.0382 e. The predicted octanol–water partition coefficient (Wildman–Crippen LogP) is 4.51. The molecule has 0 atom stereocenters. The van der Waals surface area contributed by atoms with E-state index in [-0.39, 0.29) is 0 Å². The lowest BCUT2D eigenvalue weighted by molar-refractivity contribution is 1.36. The minimum absolute atomic E-state index is 0.462. The molecule has 70 valence electrons. The summed E-state index contributed by atoms with van der Waals surface area (Å²) in [5.74, 6) is 0. The summed E-state index contributed by atoms with van der Waals surface area (Å²) in [5.41, 5.74) is 18.4. The van der Waals surface area contributed by atoms with Gasteiger partial charge >= 0.3 is 0 Å². The number of halogens is 1. The second-order valence-electron chi connectivity index (χ2n) is 2.37. The molecule has 0 fully saturated rings. The zero-order valence-corrected chi connectivity index (χ0v) is 9.16. The molecular formula is C7H5IN6. The maximum absolute atomic E-state index is 8.26. The van der Waals surface area contributed by atoms with Crippen molar-refractivity contribution in [1.29, 1.82) is 0 Å². The van der Waals surface area contributed by atoms with Crippen LogP contribution in [0.4, 0.5) is 11.4 Å². The lowest BCUT2D eigenvalue weighted by Gasteiger charge is -1.99. The molecule has 0 saturated heterocycles. The molecule has 0 amide bonds. The zero-order valence-electron chi connectivity index (χ0n) is 7.00. The normalized spacial score (nSPS) is 8.64. The molecule has 0 N–H and O–H groups in total. The maximum atomic E-state index is 8.26. The highest BCUT2D eigenvalue weighted by atomic mass is 127. The standard InChI is InChI=1S/C7H5IN6/c8-4-5-1-6(11-13-9)3-7(2-5)12-14-10/h1-3H,4H2. The van der Waals surface area contributed by atoms with Gasteiger partial charge in [0.05, 0.1) is 0 Å². The van der Waals surface area contributed by atoms with Gasteiger partial charge in [-0.25, -0.2) is 0 Å². The highest BCUT2D eigenvalue weighted by Gasteiger charge is 1.97. The second kappa shape index (κ2) is 5.33. The van der Waals surface area contributed by atoms with Crippen LogP contribution in [0, 0.1) is 0 Å². The number of benzene rings is 1. The Labute approximate surface area is 93.3 Å². The van der Waals surface area contributed by atoms with E-state index < -0.39 is 0 Å². The summed E-state index contributed by atoms with van der Waals surface area (Å²) in [5, 5.41) is 6.90. The van der Waals surface area contributed by atoms with Crippen molar-refractivity contribution >= 4 is 34.0 Å². The molecule has 0 unspecified atom stereocenters. The molecule has 0 saturated carbocycles. The molecule has 0 aliphatic carbocycles. The number of nitrogens with zero attached hydrogens (tertiary/aromatic N) is 6. The van der Waals surface area contributed by atoms with Crippen LogP contribution in [0.25, 0.3) is 20.9 Å². The lowest BCUT2D eigenvalue weighted by Crippen LogP contribution is -1.75. The fraction of sp³-hybridized carbons (Fsp3) is 0.143. The summed E-state index contributed by atoms with van der Waals surface area (Å²) < 4.78 is 0.764. The molecular weight excluding hydrogens is 295 g/mol. The minimum Gasteiger partial charge on any atom is -0.0812 e. The van der Waals surface area contributed by atoms with E-state index in [0.717, 1.165) is 9.99 Å². The van der Waals surface area contributed by atoms with E-state index >= 15 is 0 Å². The summed E-state index contributed by atoms with van der Waals surface area (Å²) in [6.45, 7) is 0. The molecule has 1 aromatic rings.